The predicted octanol–water partition coefficient (Wildman–Crippen LogP) is 3.38. The van der Waals surface area contributed by atoms with Crippen LogP contribution in [0.2, 0.25) is 0 Å². The molecule has 0 aromatic heterocycles. The first-order valence-electron chi connectivity index (χ1n) is 7.39. The van der Waals surface area contributed by atoms with E-state index in [0.717, 1.165) is 4.48 Å². The molecule has 0 aromatic carbocycles. The summed E-state index contributed by atoms with van der Waals surface area (Å²) in [4.78, 5) is 0. The molecular weight excluding hydrogens is 208 g/mol. The van der Waals surface area contributed by atoms with Crippen molar-refractivity contribution in [2.24, 2.45) is 0 Å². The van der Waals surface area contributed by atoms with Crippen molar-refractivity contribution in [1.29, 1.82) is 0 Å². The Morgan fingerprint density at radius 2 is 1.06 bits per heavy atom. The number of rotatable bonds is 8. The average Bonchev–Trinajstić information content (AvgIpc) is 2.23. The molecule has 0 amide bonds. The summed E-state index contributed by atoms with van der Waals surface area (Å²) in [5, 5.41) is 0. The lowest BCUT2D eigenvalue weighted by molar-refractivity contribution is -0.892. The van der Waals surface area contributed by atoms with Crippen LogP contribution in [-0.2, 0) is 0 Å². The minimum Gasteiger partial charge on any atom is -0.331 e. The van der Waals surface area contributed by atoms with Gasteiger partial charge in [0.1, 0.15) is 0 Å². The Labute approximate surface area is 111 Å². The summed E-state index contributed by atoms with van der Waals surface area (Å²) < 4.78 is 2.30. The van der Waals surface area contributed by atoms with Gasteiger partial charge in [0.05, 0.1) is 54.9 Å². The van der Waals surface area contributed by atoms with Crippen molar-refractivity contribution in [2.75, 3.05) is 54.9 Å². The monoisotopic (exact) mass is 246 g/mol. The summed E-state index contributed by atoms with van der Waals surface area (Å²) in [6.07, 6.45) is 5.41. The van der Waals surface area contributed by atoms with Crippen LogP contribution in [0.3, 0.4) is 0 Å². The summed E-state index contributed by atoms with van der Waals surface area (Å²) in [6.45, 7) is 10.2. The minimum absolute atomic E-state index is 1.10. The van der Waals surface area contributed by atoms with Crippen LogP contribution in [-0.4, -0.2) is 63.8 Å². The molecule has 2 heteroatoms. The molecule has 0 radical (unpaired) electrons. The Hall–Kier alpha value is -0.0800. The third-order valence-electron chi connectivity index (χ3n) is 2.96. The molecule has 0 unspecified atom stereocenters. The molecule has 0 saturated heterocycles. The Balaban J connectivity index is 0. The maximum Gasteiger partial charge on any atom is 0.0784 e. The first-order valence-corrected chi connectivity index (χ1v) is 7.39. The fraction of sp³-hybridized carbons (Fsp3) is 1.00. The summed E-state index contributed by atoms with van der Waals surface area (Å²) in [6, 6.07) is 0. The normalized spacial score (nSPS) is 12.0. The zero-order chi connectivity index (χ0) is 13.9. The van der Waals surface area contributed by atoms with E-state index in [1.54, 1.807) is 0 Å². The van der Waals surface area contributed by atoms with Gasteiger partial charge in [-0.15, -0.1) is 0 Å². The molecule has 17 heavy (non-hydrogen) atoms. The lowest BCUT2D eigenvalue weighted by Gasteiger charge is -2.30. The van der Waals surface area contributed by atoms with E-state index in [1.165, 1.54) is 49.8 Å². The zero-order valence-corrected chi connectivity index (χ0v) is 13.8. The van der Waals surface area contributed by atoms with Gasteiger partial charge in [-0.1, -0.05) is 27.2 Å². The van der Waals surface area contributed by atoms with E-state index in [1.807, 2.05) is 13.8 Å². The Kier molecular flexibility index (Phi) is 11.2. The first-order chi connectivity index (χ1) is 7.77. The molecule has 0 saturated carbocycles. The second-order valence-electron chi connectivity index (χ2n) is 6.46. The molecule has 0 aliphatic rings. The zero-order valence-electron chi connectivity index (χ0n) is 13.8. The number of nitrogens with zero attached hydrogens (tertiary/aromatic N) is 2. The lowest BCUT2D eigenvalue weighted by Crippen LogP contribution is -2.42. The minimum atomic E-state index is 1.10. The van der Waals surface area contributed by atoms with Crippen molar-refractivity contribution in [3.8, 4) is 0 Å². The molecule has 0 N–H and O–H groups in total. The van der Waals surface area contributed by atoms with Crippen LogP contribution in [0.25, 0.3) is 0 Å². The van der Waals surface area contributed by atoms with Gasteiger partial charge in [-0.2, -0.15) is 0 Å². The van der Waals surface area contributed by atoms with E-state index in [2.05, 4.69) is 42.2 Å². The van der Waals surface area contributed by atoms with Gasteiger partial charge in [-0.25, -0.2) is 0 Å². The predicted molar refractivity (Wildman–Crippen MR) is 80.2 cm³/mol. The average molecular weight is 246 g/mol. The highest BCUT2D eigenvalue weighted by molar-refractivity contribution is 4.41. The van der Waals surface area contributed by atoms with Crippen LogP contribution in [0.4, 0.5) is 0 Å². The van der Waals surface area contributed by atoms with E-state index in [-0.39, 0.29) is 0 Å². The van der Waals surface area contributed by atoms with Crippen molar-refractivity contribution in [3.05, 3.63) is 0 Å². The van der Waals surface area contributed by atoms with Crippen molar-refractivity contribution < 1.29 is 8.97 Å². The topological polar surface area (TPSA) is 0 Å². The molecule has 0 bridgehead atoms. The third-order valence-corrected chi connectivity index (χ3v) is 2.96. The summed E-state index contributed by atoms with van der Waals surface area (Å²) in [7, 11) is 11.6. The van der Waals surface area contributed by atoms with E-state index < -0.39 is 0 Å². The number of hydrogen-bond donors (Lipinski definition) is 0. The van der Waals surface area contributed by atoms with E-state index >= 15 is 0 Å². The Morgan fingerprint density at radius 3 is 1.47 bits per heavy atom. The van der Waals surface area contributed by atoms with Crippen LogP contribution < -0.4 is 0 Å². The molecule has 2 nitrogen and oxygen atoms in total. The molecule has 0 heterocycles. The highest BCUT2D eigenvalue weighted by Crippen LogP contribution is 2.06. The van der Waals surface area contributed by atoms with Gasteiger partial charge in [-0.3, -0.25) is 0 Å². The van der Waals surface area contributed by atoms with E-state index in [4.69, 9.17) is 0 Å². The SMILES string of the molecule is CC.CCCC[N+](C)(C)CCCC[N+](C)(C)C. The van der Waals surface area contributed by atoms with Crippen LogP contribution in [0.15, 0.2) is 0 Å². The van der Waals surface area contributed by atoms with Crippen molar-refractivity contribution >= 4 is 0 Å². The summed E-state index contributed by atoms with van der Waals surface area (Å²) in [5.41, 5.74) is 0. The van der Waals surface area contributed by atoms with Gasteiger partial charge in [-0.05, 0) is 6.42 Å². The highest BCUT2D eigenvalue weighted by Gasteiger charge is 2.14. The molecule has 0 fully saturated rings. The van der Waals surface area contributed by atoms with Crippen LogP contribution in [0, 0.1) is 0 Å². The molecule has 0 aromatic rings. The second kappa shape index (κ2) is 9.90. The van der Waals surface area contributed by atoms with Gasteiger partial charge >= 0.3 is 0 Å². The van der Waals surface area contributed by atoms with Gasteiger partial charge in [0.15, 0.2) is 0 Å². The fourth-order valence-corrected chi connectivity index (χ4v) is 1.82. The number of quaternary nitrogens is 2. The molecule has 0 atom stereocenters. The Morgan fingerprint density at radius 1 is 0.647 bits per heavy atom. The molecule has 0 rings (SSSR count). The maximum absolute atomic E-state index is 2.36. The molecule has 0 aliphatic carbocycles. The van der Waals surface area contributed by atoms with Gasteiger partial charge < -0.3 is 8.97 Å². The van der Waals surface area contributed by atoms with E-state index in [0.29, 0.717) is 0 Å². The molecule has 0 spiro atoms. The summed E-state index contributed by atoms with van der Waals surface area (Å²) in [5.74, 6) is 0. The van der Waals surface area contributed by atoms with Crippen LogP contribution >= 0.6 is 0 Å². The third kappa shape index (κ3) is 15.9. The van der Waals surface area contributed by atoms with Crippen LogP contribution in [0.1, 0.15) is 46.5 Å². The molecule has 106 valence electrons. The van der Waals surface area contributed by atoms with Crippen molar-refractivity contribution in [3.63, 3.8) is 0 Å². The molecular formula is C15H38N2+2. The van der Waals surface area contributed by atoms with Crippen molar-refractivity contribution in [2.45, 2.75) is 46.5 Å². The number of hydrogen-bond acceptors (Lipinski definition) is 0. The van der Waals surface area contributed by atoms with Crippen molar-refractivity contribution in [1.82, 2.24) is 0 Å². The Bertz CT molecular complexity index is 157. The van der Waals surface area contributed by atoms with E-state index in [9.17, 15) is 0 Å². The fourth-order valence-electron chi connectivity index (χ4n) is 1.82. The smallest absolute Gasteiger partial charge is 0.0784 e. The van der Waals surface area contributed by atoms with Gasteiger partial charge in [0.25, 0.3) is 0 Å². The largest absolute Gasteiger partial charge is 0.331 e. The maximum atomic E-state index is 2.36. The quantitative estimate of drug-likeness (QED) is 0.455. The number of unbranched alkanes of at least 4 members (excludes halogenated alkanes) is 2. The van der Waals surface area contributed by atoms with Crippen LogP contribution in [0.5, 0.6) is 0 Å². The molecule has 0 aliphatic heterocycles. The van der Waals surface area contributed by atoms with Gasteiger partial charge in [0.2, 0.25) is 0 Å². The highest BCUT2D eigenvalue weighted by atomic mass is 15.3. The standard InChI is InChI=1S/C13H32N2.C2H6/c1-7-8-12-15(5,6)13-10-9-11-14(2,3)4;1-2/h7-13H2,1-6H3;1-2H3/q+2;. The first kappa shape index (κ1) is 19.3. The van der Waals surface area contributed by atoms with Gasteiger partial charge in [0, 0.05) is 12.8 Å². The summed E-state index contributed by atoms with van der Waals surface area (Å²) >= 11 is 0. The lowest BCUT2D eigenvalue weighted by atomic mass is 10.2. The second-order valence-corrected chi connectivity index (χ2v) is 6.46.